The van der Waals surface area contributed by atoms with Gasteiger partial charge in [0.25, 0.3) is 5.91 Å². The average Bonchev–Trinajstić information content (AvgIpc) is 2.74. The van der Waals surface area contributed by atoms with E-state index in [-0.39, 0.29) is 5.91 Å². The molecule has 0 bridgehead atoms. The lowest BCUT2D eigenvalue weighted by Crippen LogP contribution is -2.30. The van der Waals surface area contributed by atoms with Gasteiger partial charge in [-0.3, -0.25) is 4.79 Å². The Labute approximate surface area is 164 Å². The lowest BCUT2D eigenvalue weighted by atomic mass is 10.2. The molecule has 1 amide bonds. The molecule has 3 aromatic carbocycles. The summed E-state index contributed by atoms with van der Waals surface area (Å²) >= 11 is 0. The Morgan fingerprint density at radius 3 is 2.25 bits per heavy atom. The summed E-state index contributed by atoms with van der Waals surface area (Å²) < 4.78 is 11.4. The van der Waals surface area contributed by atoms with Gasteiger partial charge in [0.1, 0.15) is 18.1 Å². The number of hydrogen-bond acceptors (Lipinski definition) is 4. The molecule has 1 atom stereocenters. The van der Waals surface area contributed by atoms with Crippen LogP contribution in [0.15, 0.2) is 78.9 Å². The van der Waals surface area contributed by atoms with Crippen LogP contribution in [0.5, 0.6) is 11.5 Å². The van der Waals surface area contributed by atoms with Gasteiger partial charge in [0.05, 0.1) is 11.6 Å². The highest BCUT2D eigenvalue weighted by molar-refractivity contribution is 5.94. The fourth-order valence-electron chi connectivity index (χ4n) is 2.48. The lowest BCUT2D eigenvalue weighted by Gasteiger charge is -2.15. The molecule has 0 heterocycles. The zero-order valence-corrected chi connectivity index (χ0v) is 15.5. The van der Waals surface area contributed by atoms with Crippen molar-refractivity contribution in [2.45, 2.75) is 19.6 Å². The fourth-order valence-corrected chi connectivity index (χ4v) is 2.48. The van der Waals surface area contributed by atoms with E-state index in [0.29, 0.717) is 23.6 Å². The SMILES string of the molecule is CC(Oc1ccc(C#N)cc1)C(=O)Nc1ccc(OCc2ccccc2)cc1. The highest BCUT2D eigenvalue weighted by Gasteiger charge is 2.15. The van der Waals surface area contributed by atoms with Gasteiger partial charge in [0.15, 0.2) is 6.10 Å². The van der Waals surface area contributed by atoms with Crippen LogP contribution < -0.4 is 14.8 Å². The maximum absolute atomic E-state index is 12.3. The second-order valence-corrected chi connectivity index (χ2v) is 6.18. The van der Waals surface area contributed by atoms with Crippen molar-refractivity contribution in [3.63, 3.8) is 0 Å². The molecule has 0 saturated carbocycles. The first-order chi connectivity index (χ1) is 13.6. The first-order valence-corrected chi connectivity index (χ1v) is 8.88. The van der Waals surface area contributed by atoms with Crippen LogP contribution >= 0.6 is 0 Å². The third-order valence-corrected chi connectivity index (χ3v) is 4.04. The van der Waals surface area contributed by atoms with E-state index in [1.165, 1.54) is 0 Å². The van der Waals surface area contributed by atoms with Crippen molar-refractivity contribution in [1.29, 1.82) is 5.26 Å². The zero-order chi connectivity index (χ0) is 19.8. The molecule has 0 aromatic heterocycles. The lowest BCUT2D eigenvalue weighted by molar-refractivity contribution is -0.122. The molecule has 0 aliphatic carbocycles. The second kappa shape index (κ2) is 9.24. The number of nitriles is 1. The van der Waals surface area contributed by atoms with Crippen LogP contribution in [-0.2, 0) is 11.4 Å². The maximum Gasteiger partial charge on any atom is 0.265 e. The molecule has 0 radical (unpaired) electrons. The average molecular weight is 372 g/mol. The Kier molecular flexibility index (Phi) is 6.27. The third kappa shape index (κ3) is 5.36. The standard InChI is InChI=1S/C23H20N2O3/c1-17(28-22-11-7-18(15-24)8-12-22)23(26)25-20-9-13-21(14-10-20)27-16-19-5-3-2-4-6-19/h2-14,17H,16H2,1H3,(H,25,26). The number of benzene rings is 3. The molecule has 0 spiro atoms. The highest BCUT2D eigenvalue weighted by atomic mass is 16.5. The van der Waals surface area contributed by atoms with Gasteiger partial charge >= 0.3 is 0 Å². The Bertz CT molecular complexity index is 946. The summed E-state index contributed by atoms with van der Waals surface area (Å²) in [5, 5.41) is 11.6. The summed E-state index contributed by atoms with van der Waals surface area (Å²) in [7, 11) is 0. The Balaban J connectivity index is 1.51. The van der Waals surface area contributed by atoms with Crippen LogP contribution in [0, 0.1) is 11.3 Å². The first kappa shape index (κ1) is 19.0. The van der Waals surface area contributed by atoms with Crippen LogP contribution in [0.4, 0.5) is 5.69 Å². The van der Waals surface area contributed by atoms with Crippen molar-refractivity contribution in [3.05, 3.63) is 90.0 Å². The number of carbonyl (C=O) groups is 1. The number of rotatable bonds is 7. The number of ether oxygens (including phenoxy) is 2. The molecule has 0 fully saturated rings. The Hall–Kier alpha value is -3.78. The summed E-state index contributed by atoms with van der Waals surface area (Å²) in [5.74, 6) is 0.998. The monoisotopic (exact) mass is 372 g/mol. The van der Waals surface area contributed by atoms with Crippen molar-refractivity contribution in [1.82, 2.24) is 0 Å². The molecule has 3 aromatic rings. The van der Waals surface area contributed by atoms with Gasteiger partial charge in [-0.2, -0.15) is 5.26 Å². The van der Waals surface area contributed by atoms with Crippen LogP contribution in [-0.4, -0.2) is 12.0 Å². The summed E-state index contributed by atoms with van der Waals surface area (Å²) in [4.78, 5) is 12.3. The van der Waals surface area contributed by atoms with Crippen molar-refractivity contribution >= 4 is 11.6 Å². The van der Waals surface area contributed by atoms with Crippen molar-refractivity contribution in [2.75, 3.05) is 5.32 Å². The van der Waals surface area contributed by atoms with Crippen molar-refractivity contribution in [3.8, 4) is 17.6 Å². The van der Waals surface area contributed by atoms with Crippen LogP contribution in [0.1, 0.15) is 18.1 Å². The number of nitrogens with zero attached hydrogens (tertiary/aromatic N) is 1. The third-order valence-electron chi connectivity index (χ3n) is 4.04. The van der Waals surface area contributed by atoms with Crippen LogP contribution in [0.3, 0.4) is 0 Å². The van der Waals surface area contributed by atoms with E-state index >= 15 is 0 Å². The molecular formula is C23H20N2O3. The summed E-state index contributed by atoms with van der Waals surface area (Å²) in [6.07, 6.45) is -0.679. The molecule has 1 N–H and O–H groups in total. The topological polar surface area (TPSA) is 71.3 Å². The van der Waals surface area contributed by atoms with Gasteiger partial charge in [-0.05, 0) is 61.0 Å². The number of hydrogen-bond donors (Lipinski definition) is 1. The minimum Gasteiger partial charge on any atom is -0.489 e. The Morgan fingerprint density at radius 2 is 1.61 bits per heavy atom. The molecule has 5 nitrogen and oxygen atoms in total. The van der Waals surface area contributed by atoms with E-state index < -0.39 is 6.10 Å². The summed E-state index contributed by atoms with van der Waals surface area (Å²) in [6.45, 7) is 2.16. The smallest absolute Gasteiger partial charge is 0.265 e. The quantitative estimate of drug-likeness (QED) is 0.661. The molecule has 140 valence electrons. The molecule has 0 saturated heterocycles. The minimum atomic E-state index is -0.679. The summed E-state index contributed by atoms with van der Waals surface area (Å²) in [6, 6.07) is 25.8. The number of anilines is 1. The molecule has 3 rings (SSSR count). The number of nitrogens with one attached hydrogen (secondary N) is 1. The molecule has 0 aliphatic heterocycles. The molecule has 28 heavy (non-hydrogen) atoms. The van der Waals surface area contributed by atoms with Gasteiger partial charge in [0, 0.05) is 5.69 Å². The van der Waals surface area contributed by atoms with Gasteiger partial charge in [-0.15, -0.1) is 0 Å². The predicted molar refractivity (Wildman–Crippen MR) is 107 cm³/mol. The fraction of sp³-hybridized carbons (Fsp3) is 0.130. The highest BCUT2D eigenvalue weighted by Crippen LogP contribution is 2.18. The van der Waals surface area contributed by atoms with E-state index in [9.17, 15) is 4.79 Å². The van der Waals surface area contributed by atoms with Crippen LogP contribution in [0.2, 0.25) is 0 Å². The van der Waals surface area contributed by atoms with Gasteiger partial charge < -0.3 is 14.8 Å². The normalized spacial score (nSPS) is 11.1. The van der Waals surface area contributed by atoms with E-state index in [2.05, 4.69) is 5.32 Å². The van der Waals surface area contributed by atoms with E-state index in [1.54, 1.807) is 43.3 Å². The molecule has 1 unspecified atom stereocenters. The first-order valence-electron chi connectivity index (χ1n) is 8.88. The van der Waals surface area contributed by atoms with Crippen LogP contribution in [0.25, 0.3) is 0 Å². The second-order valence-electron chi connectivity index (χ2n) is 6.18. The molecule has 0 aliphatic rings. The molecular weight excluding hydrogens is 352 g/mol. The van der Waals surface area contributed by atoms with Gasteiger partial charge in [0.2, 0.25) is 0 Å². The number of amides is 1. The molecule has 5 heteroatoms. The van der Waals surface area contributed by atoms with E-state index in [0.717, 1.165) is 11.3 Å². The minimum absolute atomic E-state index is 0.262. The predicted octanol–water partition coefficient (Wildman–Crippen LogP) is 4.54. The maximum atomic E-state index is 12.3. The number of carbonyl (C=O) groups excluding carboxylic acids is 1. The largest absolute Gasteiger partial charge is 0.489 e. The zero-order valence-electron chi connectivity index (χ0n) is 15.5. The van der Waals surface area contributed by atoms with E-state index in [1.807, 2.05) is 48.5 Å². The summed E-state index contributed by atoms with van der Waals surface area (Å²) in [5.41, 5.74) is 2.29. The Morgan fingerprint density at radius 1 is 0.964 bits per heavy atom. The van der Waals surface area contributed by atoms with Gasteiger partial charge in [-0.25, -0.2) is 0 Å². The van der Waals surface area contributed by atoms with Gasteiger partial charge in [-0.1, -0.05) is 30.3 Å². The van der Waals surface area contributed by atoms with E-state index in [4.69, 9.17) is 14.7 Å². The van der Waals surface area contributed by atoms with Crippen molar-refractivity contribution < 1.29 is 14.3 Å². The van der Waals surface area contributed by atoms with Crippen molar-refractivity contribution in [2.24, 2.45) is 0 Å².